The Kier molecular flexibility index (Phi) is 5.13. The van der Waals surface area contributed by atoms with Gasteiger partial charge in [-0.25, -0.2) is 0 Å². The number of nitrogens with one attached hydrogen (secondary N) is 1. The average molecular weight is 341 g/mol. The van der Waals surface area contributed by atoms with Gasteiger partial charge in [0.05, 0.1) is 0 Å². The molecule has 2 heterocycles. The number of amides is 2. The van der Waals surface area contributed by atoms with Crippen molar-refractivity contribution in [1.29, 1.82) is 0 Å². The second-order valence-corrected chi connectivity index (χ2v) is 5.64. The first-order chi connectivity index (χ1) is 12.1. The highest BCUT2D eigenvalue weighted by Gasteiger charge is 2.20. The zero-order valence-corrected chi connectivity index (χ0v) is 13.9. The summed E-state index contributed by atoms with van der Waals surface area (Å²) in [5, 5.41) is 2.60. The zero-order chi connectivity index (χ0) is 17.6. The summed E-state index contributed by atoms with van der Waals surface area (Å²) in [5.41, 5.74) is 1.55. The van der Waals surface area contributed by atoms with Crippen LogP contribution in [0.5, 0.6) is 11.5 Å². The highest BCUT2D eigenvalue weighted by Crippen LogP contribution is 2.32. The molecule has 0 aliphatic carbocycles. The lowest BCUT2D eigenvalue weighted by atomic mass is 10.2. The molecule has 1 aliphatic heterocycles. The van der Waals surface area contributed by atoms with Crippen LogP contribution in [-0.4, -0.2) is 48.5 Å². The Bertz CT molecular complexity index is 764. The fourth-order valence-corrected chi connectivity index (χ4v) is 2.43. The molecule has 130 valence electrons. The van der Waals surface area contributed by atoms with Crippen molar-refractivity contribution < 1.29 is 19.1 Å². The SMILES string of the molecule is CN(CCc1ccncc1)C(=O)C(=O)Nc1ccc2c(c1)OCCO2. The molecule has 0 atom stereocenters. The standard InChI is InChI=1S/C18H19N3O4/c1-21(9-6-13-4-7-19-8-5-13)18(23)17(22)20-14-2-3-15-16(12-14)25-11-10-24-15/h2-5,7-8,12H,6,9-11H2,1H3,(H,20,22). The normalized spacial score (nSPS) is 12.4. The van der Waals surface area contributed by atoms with Crippen LogP contribution in [0.4, 0.5) is 5.69 Å². The van der Waals surface area contributed by atoms with E-state index < -0.39 is 11.8 Å². The van der Waals surface area contributed by atoms with Gasteiger partial charge in [-0.15, -0.1) is 0 Å². The average Bonchev–Trinajstić information content (AvgIpc) is 2.66. The summed E-state index contributed by atoms with van der Waals surface area (Å²) >= 11 is 0. The number of hydrogen-bond donors (Lipinski definition) is 1. The predicted octanol–water partition coefficient (Wildman–Crippen LogP) is 1.49. The van der Waals surface area contributed by atoms with Gasteiger partial charge in [-0.05, 0) is 36.2 Å². The number of hydrogen-bond acceptors (Lipinski definition) is 5. The van der Waals surface area contributed by atoms with Gasteiger partial charge in [0.1, 0.15) is 13.2 Å². The van der Waals surface area contributed by atoms with Crippen molar-refractivity contribution in [2.24, 2.45) is 0 Å². The molecule has 25 heavy (non-hydrogen) atoms. The molecule has 3 rings (SSSR count). The smallest absolute Gasteiger partial charge is 0.313 e. The van der Waals surface area contributed by atoms with Crippen molar-refractivity contribution in [3.8, 4) is 11.5 Å². The Labute approximate surface area is 145 Å². The van der Waals surface area contributed by atoms with E-state index in [1.54, 1.807) is 37.6 Å². The number of benzene rings is 1. The summed E-state index contributed by atoms with van der Waals surface area (Å²) in [6.45, 7) is 1.40. The minimum atomic E-state index is -0.686. The maximum atomic E-state index is 12.2. The number of nitrogens with zero attached hydrogens (tertiary/aromatic N) is 2. The van der Waals surface area contributed by atoms with E-state index in [0.29, 0.717) is 43.4 Å². The molecule has 1 aromatic carbocycles. The van der Waals surface area contributed by atoms with Crippen LogP contribution in [0.2, 0.25) is 0 Å². The molecular weight excluding hydrogens is 322 g/mol. The van der Waals surface area contributed by atoms with Crippen molar-refractivity contribution >= 4 is 17.5 Å². The van der Waals surface area contributed by atoms with Gasteiger partial charge in [-0.3, -0.25) is 14.6 Å². The third-order valence-corrected chi connectivity index (χ3v) is 3.83. The first kappa shape index (κ1) is 16.8. The summed E-state index contributed by atoms with van der Waals surface area (Å²) in [5.74, 6) is -0.0922. The predicted molar refractivity (Wildman–Crippen MR) is 91.6 cm³/mol. The topological polar surface area (TPSA) is 80.8 Å². The number of likely N-dealkylation sites (N-methyl/N-ethyl adjacent to an activating group) is 1. The fraction of sp³-hybridized carbons (Fsp3) is 0.278. The molecule has 0 bridgehead atoms. The molecule has 0 saturated carbocycles. The van der Waals surface area contributed by atoms with Gasteiger partial charge >= 0.3 is 11.8 Å². The first-order valence-corrected chi connectivity index (χ1v) is 7.98. The molecule has 2 aromatic rings. The number of ether oxygens (including phenoxy) is 2. The summed E-state index contributed by atoms with van der Waals surface area (Å²) in [7, 11) is 1.60. The number of aromatic nitrogens is 1. The number of anilines is 1. The van der Waals surface area contributed by atoms with Crippen LogP contribution in [-0.2, 0) is 16.0 Å². The lowest BCUT2D eigenvalue weighted by Crippen LogP contribution is -2.38. The van der Waals surface area contributed by atoms with E-state index in [1.165, 1.54) is 4.90 Å². The monoisotopic (exact) mass is 341 g/mol. The fourth-order valence-electron chi connectivity index (χ4n) is 2.43. The first-order valence-electron chi connectivity index (χ1n) is 7.98. The van der Waals surface area contributed by atoms with Crippen molar-refractivity contribution in [2.45, 2.75) is 6.42 Å². The molecule has 7 nitrogen and oxygen atoms in total. The Morgan fingerprint density at radius 3 is 2.60 bits per heavy atom. The van der Waals surface area contributed by atoms with Gasteiger partial charge in [0.15, 0.2) is 11.5 Å². The van der Waals surface area contributed by atoms with E-state index >= 15 is 0 Å². The van der Waals surface area contributed by atoms with Crippen LogP contribution in [0.15, 0.2) is 42.7 Å². The molecule has 0 spiro atoms. The summed E-state index contributed by atoms with van der Waals surface area (Å²) in [6, 6.07) is 8.80. The van der Waals surface area contributed by atoms with E-state index in [0.717, 1.165) is 5.56 Å². The van der Waals surface area contributed by atoms with Crippen molar-refractivity contribution in [1.82, 2.24) is 9.88 Å². The Morgan fingerprint density at radius 1 is 1.12 bits per heavy atom. The van der Waals surface area contributed by atoms with Gasteiger partial charge in [-0.2, -0.15) is 0 Å². The van der Waals surface area contributed by atoms with Crippen LogP contribution >= 0.6 is 0 Å². The van der Waals surface area contributed by atoms with Crippen LogP contribution in [0, 0.1) is 0 Å². The van der Waals surface area contributed by atoms with E-state index in [2.05, 4.69) is 10.3 Å². The maximum Gasteiger partial charge on any atom is 0.313 e. The highest BCUT2D eigenvalue weighted by molar-refractivity contribution is 6.39. The molecule has 0 radical (unpaired) electrons. The van der Waals surface area contributed by atoms with Crippen molar-refractivity contribution in [2.75, 3.05) is 32.1 Å². The summed E-state index contributed by atoms with van der Waals surface area (Å²) in [4.78, 5) is 29.7. The van der Waals surface area contributed by atoms with Gasteiger partial charge in [0.25, 0.3) is 0 Å². The third-order valence-electron chi connectivity index (χ3n) is 3.83. The molecule has 2 amide bonds. The van der Waals surface area contributed by atoms with Crippen LogP contribution in [0.25, 0.3) is 0 Å². The molecule has 0 saturated heterocycles. The lowest BCUT2D eigenvalue weighted by Gasteiger charge is -2.19. The van der Waals surface area contributed by atoms with E-state index in [1.807, 2.05) is 12.1 Å². The molecule has 1 N–H and O–H groups in total. The summed E-state index contributed by atoms with van der Waals surface area (Å²) in [6.07, 6.45) is 4.06. The Hall–Kier alpha value is -3.09. The highest BCUT2D eigenvalue weighted by atomic mass is 16.6. The summed E-state index contributed by atoms with van der Waals surface area (Å²) < 4.78 is 10.9. The number of fused-ring (bicyclic) bond motifs is 1. The van der Waals surface area contributed by atoms with Gasteiger partial charge < -0.3 is 19.7 Å². The molecular formula is C18H19N3O4. The molecule has 1 aromatic heterocycles. The largest absolute Gasteiger partial charge is 0.486 e. The van der Waals surface area contributed by atoms with Crippen molar-refractivity contribution in [3.63, 3.8) is 0 Å². The number of pyridine rings is 1. The maximum absolute atomic E-state index is 12.2. The van der Waals surface area contributed by atoms with Crippen molar-refractivity contribution in [3.05, 3.63) is 48.3 Å². The van der Waals surface area contributed by atoms with E-state index in [9.17, 15) is 9.59 Å². The van der Waals surface area contributed by atoms with E-state index in [-0.39, 0.29) is 0 Å². The quantitative estimate of drug-likeness (QED) is 0.852. The zero-order valence-electron chi connectivity index (χ0n) is 13.9. The molecule has 0 fully saturated rings. The minimum Gasteiger partial charge on any atom is -0.486 e. The second-order valence-electron chi connectivity index (χ2n) is 5.64. The second kappa shape index (κ2) is 7.65. The van der Waals surface area contributed by atoms with Crippen LogP contribution in [0.3, 0.4) is 0 Å². The number of carbonyl (C=O) groups excluding carboxylic acids is 2. The Morgan fingerprint density at radius 2 is 1.84 bits per heavy atom. The number of rotatable bonds is 4. The van der Waals surface area contributed by atoms with Crippen LogP contribution < -0.4 is 14.8 Å². The van der Waals surface area contributed by atoms with Gasteiger partial charge in [-0.1, -0.05) is 0 Å². The number of carbonyl (C=O) groups is 2. The minimum absolute atomic E-state index is 0.442. The lowest BCUT2D eigenvalue weighted by molar-refractivity contribution is -0.142. The molecule has 0 unspecified atom stereocenters. The van der Waals surface area contributed by atoms with E-state index in [4.69, 9.17) is 9.47 Å². The Balaban J connectivity index is 1.56. The molecule has 7 heteroatoms. The van der Waals surface area contributed by atoms with Gasteiger partial charge in [0, 0.05) is 37.7 Å². The third kappa shape index (κ3) is 4.26. The van der Waals surface area contributed by atoms with Gasteiger partial charge in [0.2, 0.25) is 0 Å². The van der Waals surface area contributed by atoms with Crippen LogP contribution in [0.1, 0.15) is 5.56 Å². The molecule has 1 aliphatic rings.